The molecule has 0 saturated carbocycles. The average Bonchev–Trinajstić information content (AvgIpc) is 2.77. The molecule has 0 aliphatic rings. The number of rotatable bonds is 3. The molecule has 1 heterocycles. The van der Waals surface area contributed by atoms with Crippen molar-refractivity contribution < 1.29 is 19.1 Å². The van der Waals surface area contributed by atoms with Gasteiger partial charge in [-0.15, -0.1) is 0 Å². The molecule has 86 valence electrons. The molecule has 1 aromatic carbocycles. The lowest BCUT2D eigenvalue weighted by Gasteiger charge is -2.03. The van der Waals surface area contributed by atoms with Crippen LogP contribution in [-0.2, 0) is 0 Å². The van der Waals surface area contributed by atoms with E-state index in [1.165, 1.54) is 30.3 Å². The second-order valence-corrected chi connectivity index (χ2v) is 3.42. The second kappa shape index (κ2) is 4.21. The number of carbonyl (C=O) groups is 2. The zero-order chi connectivity index (χ0) is 12.4. The number of halogens is 1. The minimum atomic E-state index is -1.33. The number of aromatic carboxylic acids is 1. The molecule has 2 aromatic rings. The number of benzene rings is 1. The number of hydrogen-bond acceptors (Lipinski definition) is 2. The molecule has 0 bridgehead atoms. The molecule has 0 amide bonds. The molecule has 17 heavy (non-hydrogen) atoms. The van der Waals surface area contributed by atoms with E-state index in [0.29, 0.717) is 17.7 Å². The summed E-state index contributed by atoms with van der Waals surface area (Å²) in [6, 6.07) is 7.10. The Morgan fingerprint density at radius 3 is 2.65 bits per heavy atom. The molecule has 0 radical (unpaired) electrons. The summed E-state index contributed by atoms with van der Waals surface area (Å²) in [6.07, 6.45) is 0.600. The second-order valence-electron chi connectivity index (χ2n) is 3.42. The number of carboxylic acid groups (broad SMARTS) is 1. The van der Waals surface area contributed by atoms with Gasteiger partial charge in [0.25, 0.3) is 0 Å². The van der Waals surface area contributed by atoms with Crippen LogP contribution >= 0.6 is 0 Å². The van der Waals surface area contributed by atoms with Gasteiger partial charge in [-0.05, 0) is 24.3 Å². The number of carboxylic acids is 1. The predicted molar refractivity (Wildman–Crippen MR) is 58.5 cm³/mol. The van der Waals surface area contributed by atoms with Crippen LogP contribution in [0.25, 0.3) is 11.3 Å². The highest BCUT2D eigenvalue weighted by atomic mass is 19.1. The predicted octanol–water partition coefficient (Wildman–Crippen LogP) is 2.33. The fraction of sp³-hybridized carbons (Fsp3) is 0. The van der Waals surface area contributed by atoms with E-state index in [2.05, 4.69) is 4.98 Å². The van der Waals surface area contributed by atoms with E-state index in [1.54, 1.807) is 0 Å². The van der Waals surface area contributed by atoms with Crippen LogP contribution in [0.2, 0.25) is 0 Å². The van der Waals surface area contributed by atoms with Crippen LogP contribution in [0.5, 0.6) is 0 Å². The quantitative estimate of drug-likeness (QED) is 0.799. The van der Waals surface area contributed by atoms with Gasteiger partial charge in [0.15, 0.2) is 6.29 Å². The lowest BCUT2D eigenvalue weighted by atomic mass is 10.1. The molecule has 2 rings (SSSR count). The number of aromatic amines is 1. The van der Waals surface area contributed by atoms with Crippen molar-refractivity contribution in [3.05, 3.63) is 47.4 Å². The van der Waals surface area contributed by atoms with Crippen LogP contribution in [0, 0.1) is 5.82 Å². The molecule has 0 aliphatic carbocycles. The van der Waals surface area contributed by atoms with E-state index >= 15 is 0 Å². The van der Waals surface area contributed by atoms with Crippen molar-refractivity contribution in [3.63, 3.8) is 0 Å². The summed E-state index contributed by atoms with van der Waals surface area (Å²) >= 11 is 0. The van der Waals surface area contributed by atoms with Crippen molar-refractivity contribution in [2.75, 3.05) is 0 Å². The van der Waals surface area contributed by atoms with Crippen LogP contribution < -0.4 is 0 Å². The third-order valence-electron chi connectivity index (χ3n) is 2.35. The molecule has 0 atom stereocenters. The van der Waals surface area contributed by atoms with E-state index in [1.807, 2.05) is 0 Å². The highest BCUT2D eigenvalue weighted by Crippen LogP contribution is 2.24. The third-order valence-corrected chi connectivity index (χ3v) is 2.35. The lowest BCUT2D eigenvalue weighted by molar-refractivity contribution is 0.0692. The summed E-state index contributed by atoms with van der Waals surface area (Å²) in [5.41, 5.74) is 0.399. The molecule has 2 N–H and O–H groups in total. The van der Waals surface area contributed by atoms with Crippen molar-refractivity contribution in [3.8, 4) is 11.3 Å². The number of hydrogen-bond donors (Lipinski definition) is 2. The number of aldehydes is 1. The summed E-state index contributed by atoms with van der Waals surface area (Å²) in [5.74, 6) is -2.15. The Morgan fingerprint density at radius 2 is 2.06 bits per heavy atom. The summed E-state index contributed by atoms with van der Waals surface area (Å²) in [4.78, 5) is 23.9. The maximum atomic E-state index is 13.8. The Balaban J connectivity index is 2.55. The van der Waals surface area contributed by atoms with Gasteiger partial charge in [0.05, 0.1) is 11.3 Å². The molecule has 4 nitrogen and oxygen atoms in total. The van der Waals surface area contributed by atoms with Crippen LogP contribution in [0.4, 0.5) is 4.39 Å². The fourth-order valence-electron chi connectivity index (χ4n) is 1.54. The van der Waals surface area contributed by atoms with Gasteiger partial charge in [-0.1, -0.05) is 6.07 Å². The van der Waals surface area contributed by atoms with Crippen molar-refractivity contribution in [1.29, 1.82) is 0 Å². The number of carbonyl (C=O) groups excluding carboxylic acids is 1. The Kier molecular flexibility index (Phi) is 2.74. The first-order valence-corrected chi connectivity index (χ1v) is 4.80. The molecule has 0 spiro atoms. The highest BCUT2D eigenvalue weighted by Gasteiger charge is 2.15. The standard InChI is InChI=1S/C12H8FNO3/c13-11-8(2-1-3-9(11)12(16)17)10-5-4-7(6-15)14-10/h1-6,14H,(H,16,17). The van der Waals surface area contributed by atoms with E-state index < -0.39 is 17.3 Å². The first-order chi connectivity index (χ1) is 8.13. The molecule has 0 fully saturated rings. The average molecular weight is 233 g/mol. The monoisotopic (exact) mass is 233 g/mol. The molecule has 5 heteroatoms. The molecule has 0 aliphatic heterocycles. The van der Waals surface area contributed by atoms with Crippen LogP contribution in [0.1, 0.15) is 20.8 Å². The molecule has 1 aromatic heterocycles. The first kappa shape index (κ1) is 11.1. The normalized spacial score (nSPS) is 10.2. The third kappa shape index (κ3) is 1.94. The van der Waals surface area contributed by atoms with Gasteiger partial charge >= 0.3 is 5.97 Å². The largest absolute Gasteiger partial charge is 0.478 e. The van der Waals surface area contributed by atoms with Gasteiger partial charge in [0, 0.05) is 11.3 Å². The summed E-state index contributed by atoms with van der Waals surface area (Å²) in [5, 5.41) is 8.78. The van der Waals surface area contributed by atoms with Crippen LogP contribution in [-0.4, -0.2) is 22.3 Å². The topological polar surface area (TPSA) is 70.2 Å². The van der Waals surface area contributed by atoms with Gasteiger partial charge in [-0.3, -0.25) is 4.79 Å². The Hall–Kier alpha value is -2.43. The number of nitrogens with one attached hydrogen (secondary N) is 1. The minimum Gasteiger partial charge on any atom is -0.478 e. The summed E-state index contributed by atoms with van der Waals surface area (Å²) in [7, 11) is 0. The van der Waals surface area contributed by atoms with Crippen LogP contribution in [0.3, 0.4) is 0 Å². The van der Waals surface area contributed by atoms with E-state index in [-0.39, 0.29) is 5.56 Å². The van der Waals surface area contributed by atoms with E-state index in [4.69, 9.17) is 5.11 Å². The highest BCUT2D eigenvalue weighted by molar-refractivity contribution is 5.90. The lowest BCUT2D eigenvalue weighted by Crippen LogP contribution is -2.01. The molecule has 0 saturated heterocycles. The maximum absolute atomic E-state index is 13.8. The van der Waals surface area contributed by atoms with Gasteiger partial charge in [-0.2, -0.15) is 0 Å². The van der Waals surface area contributed by atoms with Gasteiger partial charge in [0.1, 0.15) is 5.82 Å². The minimum absolute atomic E-state index is 0.123. The zero-order valence-electron chi connectivity index (χ0n) is 8.61. The van der Waals surface area contributed by atoms with Gasteiger partial charge in [-0.25, -0.2) is 9.18 Å². The van der Waals surface area contributed by atoms with E-state index in [9.17, 15) is 14.0 Å². The number of aromatic nitrogens is 1. The molecular weight excluding hydrogens is 225 g/mol. The smallest absolute Gasteiger partial charge is 0.338 e. The summed E-state index contributed by atoms with van der Waals surface area (Å²) < 4.78 is 13.8. The van der Waals surface area contributed by atoms with Crippen LogP contribution in [0.15, 0.2) is 30.3 Å². The first-order valence-electron chi connectivity index (χ1n) is 4.80. The summed E-state index contributed by atoms with van der Waals surface area (Å²) in [6.45, 7) is 0. The SMILES string of the molecule is O=Cc1ccc(-c2cccc(C(=O)O)c2F)[nH]1. The van der Waals surface area contributed by atoms with Gasteiger partial charge in [0.2, 0.25) is 0 Å². The molecular formula is C12H8FNO3. The van der Waals surface area contributed by atoms with Crippen molar-refractivity contribution in [1.82, 2.24) is 4.98 Å². The van der Waals surface area contributed by atoms with Crippen molar-refractivity contribution in [2.24, 2.45) is 0 Å². The fourth-order valence-corrected chi connectivity index (χ4v) is 1.54. The molecule has 0 unspecified atom stereocenters. The number of H-pyrrole nitrogens is 1. The van der Waals surface area contributed by atoms with Crippen molar-refractivity contribution in [2.45, 2.75) is 0 Å². The van der Waals surface area contributed by atoms with Crippen molar-refractivity contribution >= 4 is 12.3 Å². The Bertz CT molecular complexity index is 589. The van der Waals surface area contributed by atoms with Gasteiger partial charge < -0.3 is 10.1 Å². The maximum Gasteiger partial charge on any atom is 0.338 e. The Labute approximate surface area is 95.7 Å². The zero-order valence-corrected chi connectivity index (χ0v) is 8.61. The Morgan fingerprint density at radius 1 is 1.29 bits per heavy atom. The van der Waals surface area contributed by atoms with E-state index in [0.717, 1.165) is 0 Å².